The minimum Gasteiger partial charge on any atom is -0.506 e. The van der Waals surface area contributed by atoms with Crippen molar-refractivity contribution in [2.24, 2.45) is 0 Å². The van der Waals surface area contributed by atoms with Gasteiger partial charge in [-0.05, 0) is 19.0 Å². The Morgan fingerprint density at radius 2 is 2.27 bits per heavy atom. The quantitative estimate of drug-likeness (QED) is 0.735. The maximum Gasteiger partial charge on any atom is 0.138 e. The summed E-state index contributed by atoms with van der Waals surface area (Å²) in [4.78, 5) is 0. The summed E-state index contributed by atoms with van der Waals surface area (Å²) in [6.07, 6.45) is 0.956. The molecule has 1 aromatic rings. The number of halogens is 1. The molecule has 4 heteroatoms. The van der Waals surface area contributed by atoms with E-state index in [4.69, 9.17) is 16.3 Å². The van der Waals surface area contributed by atoms with Gasteiger partial charge in [0.05, 0.1) is 5.02 Å². The first kappa shape index (κ1) is 12.3. The molecule has 15 heavy (non-hydrogen) atoms. The molecule has 0 fully saturated rings. The summed E-state index contributed by atoms with van der Waals surface area (Å²) in [7, 11) is 1.68. The number of rotatable bonds is 6. The average molecular weight is 230 g/mol. The van der Waals surface area contributed by atoms with Crippen LogP contribution < -0.4 is 5.32 Å². The van der Waals surface area contributed by atoms with Crippen LogP contribution in [0.4, 0.5) is 0 Å². The number of benzene rings is 1. The van der Waals surface area contributed by atoms with Gasteiger partial charge in [0.1, 0.15) is 5.75 Å². The number of methoxy groups -OCH3 is 1. The summed E-state index contributed by atoms with van der Waals surface area (Å²) in [5.41, 5.74) is 0.819. The fourth-order valence-corrected chi connectivity index (χ4v) is 1.46. The van der Waals surface area contributed by atoms with Crippen LogP contribution >= 0.6 is 11.6 Å². The summed E-state index contributed by atoms with van der Waals surface area (Å²) in [5.74, 6) is 0.165. The van der Waals surface area contributed by atoms with E-state index in [9.17, 15) is 5.11 Å². The van der Waals surface area contributed by atoms with Gasteiger partial charge in [0, 0.05) is 25.8 Å². The van der Waals surface area contributed by atoms with Crippen molar-refractivity contribution in [1.82, 2.24) is 5.32 Å². The largest absolute Gasteiger partial charge is 0.506 e. The number of nitrogens with one attached hydrogen (secondary N) is 1. The standard InChI is InChI=1S/C11H16ClNO2/c1-15-7-3-6-13-8-9-4-2-5-10(12)11(9)14/h2,4-5,13-14H,3,6-8H2,1H3. The Morgan fingerprint density at radius 1 is 1.47 bits per heavy atom. The average Bonchev–Trinajstić information content (AvgIpc) is 2.24. The lowest BCUT2D eigenvalue weighted by atomic mass is 10.2. The summed E-state index contributed by atoms with van der Waals surface area (Å²) < 4.78 is 4.93. The zero-order valence-corrected chi connectivity index (χ0v) is 9.55. The monoisotopic (exact) mass is 229 g/mol. The van der Waals surface area contributed by atoms with Crippen molar-refractivity contribution >= 4 is 11.6 Å². The second-order valence-electron chi connectivity index (χ2n) is 3.27. The predicted octanol–water partition coefficient (Wildman–Crippen LogP) is 2.17. The summed E-state index contributed by atoms with van der Waals surface area (Å²) >= 11 is 5.78. The number of hydrogen-bond donors (Lipinski definition) is 2. The number of phenols is 1. The molecule has 0 unspecified atom stereocenters. The lowest BCUT2D eigenvalue weighted by Crippen LogP contribution is -2.16. The molecule has 0 aromatic heterocycles. The third-order valence-corrected chi connectivity index (χ3v) is 2.39. The van der Waals surface area contributed by atoms with Gasteiger partial charge in [-0.2, -0.15) is 0 Å². The Labute approximate surface area is 95.0 Å². The SMILES string of the molecule is COCCCNCc1cccc(Cl)c1O. The molecule has 2 N–H and O–H groups in total. The second-order valence-corrected chi connectivity index (χ2v) is 3.68. The Balaban J connectivity index is 2.34. The molecule has 3 nitrogen and oxygen atoms in total. The zero-order valence-electron chi connectivity index (χ0n) is 8.79. The van der Waals surface area contributed by atoms with Gasteiger partial charge >= 0.3 is 0 Å². The molecule has 0 spiro atoms. The van der Waals surface area contributed by atoms with Crippen LogP contribution in [-0.2, 0) is 11.3 Å². The first-order chi connectivity index (χ1) is 7.25. The Hall–Kier alpha value is -0.770. The van der Waals surface area contributed by atoms with Gasteiger partial charge in [0.15, 0.2) is 0 Å². The molecule has 0 radical (unpaired) electrons. The highest BCUT2D eigenvalue weighted by atomic mass is 35.5. The van der Waals surface area contributed by atoms with E-state index in [1.165, 1.54) is 0 Å². The van der Waals surface area contributed by atoms with E-state index in [1.54, 1.807) is 13.2 Å². The van der Waals surface area contributed by atoms with E-state index < -0.39 is 0 Å². The maximum absolute atomic E-state index is 9.60. The molecule has 1 rings (SSSR count). The van der Waals surface area contributed by atoms with E-state index in [-0.39, 0.29) is 5.75 Å². The zero-order chi connectivity index (χ0) is 11.1. The number of hydrogen-bond acceptors (Lipinski definition) is 3. The van der Waals surface area contributed by atoms with Crippen molar-refractivity contribution in [3.8, 4) is 5.75 Å². The van der Waals surface area contributed by atoms with E-state index in [2.05, 4.69) is 5.32 Å². The van der Waals surface area contributed by atoms with Gasteiger partial charge in [-0.25, -0.2) is 0 Å². The van der Waals surface area contributed by atoms with E-state index in [1.807, 2.05) is 12.1 Å². The highest BCUT2D eigenvalue weighted by molar-refractivity contribution is 6.32. The number of aromatic hydroxyl groups is 1. The van der Waals surface area contributed by atoms with Gasteiger partial charge in [-0.3, -0.25) is 0 Å². The topological polar surface area (TPSA) is 41.5 Å². The van der Waals surface area contributed by atoms with Gasteiger partial charge in [0.2, 0.25) is 0 Å². The van der Waals surface area contributed by atoms with Crippen LogP contribution in [0.2, 0.25) is 5.02 Å². The Bertz CT molecular complexity index is 305. The highest BCUT2D eigenvalue weighted by Crippen LogP contribution is 2.26. The lowest BCUT2D eigenvalue weighted by molar-refractivity contribution is 0.194. The summed E-state index contributed by atoms with van der Waals surface area (Å²) in [6, 6.07) is 5.35. The van der Waals surface area contributed by atoms with Crippen molar-refractivity contribution in [2.75, 3.05) is 20.3 Å². The van der Waals surface area contributed by atoms with Crippen molar-refractivity contribution < 1.29 is 9.84 Å². The summed E-state index contributed by atoms with van der Waals surface area (Å²) in [5, 5.41) is 13.2. The smallest absolute Gasteiger partial charge is 0.138 e. The third kappa shape index (κ3) is 4.08. The molecule has 0 aliphatic heterocycles. The normalized spacial score (nSPS) is 10.5. The van der Waals surface area contributed by atoms with Crippen LogP contribution in [0.5, 0.6) is 5.75 Å². The maximum atomic E-state index is 9.60. The summed E-state index contributed by atoms with van der Waals surface area (Å²) in [6.45, 7) is 2.23. The van der Waals surface area contributed by atoms with Crippen molar-refractivity contribution in [3.63, 3.8) is 0 Å². The molecule has 84 valence electrons. The van der Waals surface area contributed by atoms with Crippen molar-refractivity contribution in [3.05, 3.63) is 28.8 Å². The minimum atomic E-state index is 0.165. The van der Waals surface area contributed by atoms with Crippen LogP contribution in [-0.4, -0.2) is 25.4 Å². The van der Waals surface area contributed by atoms with Crippen molar-refractivity contribution in [2.45, 2.75) is 13.0 Å². The Kier molecular flexibility index (Phi) is 5.47. The second kappa shape index (κ2) is 6.67. The number of para-hydroxylation sites is 1. The van der Waals surface area contributed by atoms with E-state index >= 15 is 0 Å². The van der Waals surface area contributed by atoms with Gasteiger partial charge in [-0.1, -0.05) is 23.7 Å². The van der Waals surface area contributed by atoms with Gasteiger partial charge in [-0.15, -0.1) is 0 Å². The molecule has 0 atom stereocenters. The lowest BCUT2D eigenvalue weighted by Gasteiger charge is -2.07. The first-order valence-electron chi connectivity index (χ1n) is 4.91. The molecule has 0 aliphatic rings. The van der Waals surface area contributed by atoms with E-state index in [0.29, 0.717) is 11.6 Å². The van der Waals surface area contributed by atoms with Gasteiger partial charge in [0.25, 0.3) is 0 Å². The molecule has 0 aliphatic carbocycles. The number of phenolic OH excluding ortho intramolecular Hbond substituents is 1. The Morgan fingerprint density at radius 3 is 3.00 bits per heavy atom. The highest BCUT2D eigenvalue weighted by Gasteiger charge is 2.03. The molecule has 0 amide bonds. The van der Waals surface area contributed by atoms with Crippen LogP contribution in [0, 0.1) is 0 Å². The fourth-order valence-electron chi connectivity index (χ4n) is 1.27. The first-order valence-corrected chi connectivity index (χ1v) is 5.29. The van der Waals surface area contributed by atoms with Crippen molar-refractivity contribution in [1.29, 1.82) is 0 Å². The molecule has 0 bridgehead atoms. The predicted molar refractivity (Wildman–Crippen MR) is 61.3 cm³/mol. The molecular weight excluding hydrogens is 214 g/mol. The van der Waals surface area contributed by atoms with Crippen LogP contribution in [0.25, 0.3) is 0 Å². The molecule has 1 aromatic carbocycles. The number of ether oxygens (including phenoxy) is 1. The van der Waals surface area contributed by atoms with Crippen LogP contribution in [0.15, 0.2) is 18.2 Å². The molecule has 0 saturated carbocycles. The minimum absolute atomic E-state index is 0.165. The molecule has 0 saturated heterocycles. The van der Waals surface area contributed by atoms with Crippen LogP contribution in [0.1, 0.15) is 12.0 Å². The fraction of sp³-hybridized carbons (Fsp3) is 0.455. The molecule has 0 heterocycles. The van der Waals surface area contributed by atoms with Crippen LogP contribution in [0.3, 0.4) is 0 Å². The van der Waals surface area contributed by atoms with Gasteiger partial charge < -0.3 is 15.2 Å². The molecular formula is C11H16ClNO2. The van der Waals surface area contributed by atoms with E-state index in [0.717, 1.165) is 25.1 Å². The third-order valence-electron chi connectivity index (χ3n) is 2.09.